The summed E-state index contributed by atoms with van der Waals surface area (Å²) in [5.74, 6) is -1.92. The van der Waals surface area contributed by atoms with Gasteiger partial charge in [0.1, 0.15) is 12.8 Å². The number of hydrogen-bond donors (Lipinski definition) is 1. The Morgan fingerprint density at radius 2 is 1.49 bits per heavy atom. The van der Waals surface area contributed by atoms with Crippen LogP contribution in [-0.4, -0.2) is 16.5 Å². The maximum Gasteiger partial charge on any atom is 0.276 e. The first-order valence-corrected chi connectivity index (χ1v) is 9.95. The molecule has 1 atom stereocenters. The summed E-state index contributed by atoms with van der Waals surface area (Å²) in [6.45, 7) is 11.1. The van der Waals surface area contributed by atoms with Crippen molar-refractivity contribution in [3.05, 3.63) is 82.2 Å². The number of aliphatic hydroxyl groups is 1. The van der Waals surface area contributed by atoms with Crippen LogP contribution in [0, 0.1) is 31.8 Å². The van der Waals surface area contributed by atoms with E-state index in [0.717, 1.165) is 5.56 Å². The third-order valence-electron chi connectivity index (χ3n) is 4.27. The SMILES string of the molecule is C.Cc1ccc(CC#N)cc1.[2H]C([N+]#[C-])(c1ccc(C)cc1)C1(O)C([2H])([2H])C([2H])([2H])C([2H])([2H])C([2H])([2H])C1([2H])[2H].[2H]C1([2H])C(=O)C([2H])([2H])C([2H])([2H])C([2H])([2H])C1([2H])[2H]. The van der Waals surface area contributed by atoms with E-state index >= 15 is 0 Å². The normalized spacial score (nSPS) is 41.2. The van der Waals surface area contributed by atoms with E-state index in [9.17, 15) is 9.90 Å². The van der Waals surface area contributed by atoms with Crippen LogP contribution in [0.25, 0.3) is 4.85 Å². The maximum atomic E-state index is 11.5. The van der Waals surface area contributed by atoms with E-state index in [0.29, 0.717) is 12.0 Å². The molecule has 0 heterocycles. The van der Waals surface area contributed by atoms with Crippen molar-refractivity contribution in [1.82, 2.24) is 0 Å². The monoisotopic (exact) mass is 495 g/mol. The van der Waals surface area contributed by atoms with Crippen LogP contribution < -0.4 is 0 Å². The Hall–Kier alpha value is -2.95. The van der Waals surface area contributed by atoms with Crippen molar-refractivity contribution in [1.29, 1.82) is 5.26 Å². The Morgan fingerprint density at radius 3 is 1.97 bits per heavy atom. The molecule has 0 aliphatic heterocycles. The van der Waals surface area contributed by atoms with Gasteiger partial charge in [-0.2, -0.15) is 5.26 Å². The number of hydrogen-bond acceptors (Lipinski definition) is 3. The van der Waals surface area contributed by atoms with Crippen molar-refractivity contribution >= 4 is 5.78 Å². The van der Waals surface area contributed by atoms with E-state index in [1.54, 1.807) is 6.92 Å². The van der Waals surface area contributed by atoms with E-state index in [-0.39, 0.29) is 13.0 Å². The Kier molecular flexibility index (Phi) is 4.97. The molecule has 0 spiro atoms. The molecule has 0 aromatic heterocycles. The highest BCUT2D eigenvalue weighted by molar-refractivity contribution is 5.78. The first kappa shape index (κ1) is 11.0. The molecule has 1 unspecified atom stereocenters. The highest BCUT2D eigenvalue weighted by Gasteiger charge is 2.43. The molecular formula is C31H42N2O2. The van der Waals surface area contributed by atoms with Crippen molar-refractivity contribution in [2.75, 3.05) is 0 Å². The van der Waals surface area contributed by atoms with E-state index in [2.05, 4.69) is 10.9 Å². The van der Waals surface area contributed by atoms with Gasteiger partial charge in [0.05, 0.1) is 12.5 Å². The lowest BCUT2D eigenvalue weighted by Crippen LogP contribution is -2.36. The first-order valence-electron chi connectivity index (χ1n) is 20.4. The van der Waals surface area contributed by atoms with Crippen LogP contribution in [0.1, 0.15) is 128 Å². The molecular weight excluding hydrogens is 432 g/mol. The number of nitrogens with zero attached hydrogens (tertiary/aromatic N) is 2. The molecule has 1 N–H and O–H groups in total. The molecule has 0 amide bonds. The Balaban J connectivity index is 0.000000473. The van der Waals surface area contributed by atoms with E-state index in [4.69, 9.17) is 40.6 Å². The summed E-state index contributed by atoms with van der Waals surface area (Å²) in [5, 5.41) is 19.6. The Bertz CT molecular complexity index is 1780. The quantitative estimate of drug-likeness (QED) is 0.441. The highest BCUT2D eigenvalue weighted by atomic mass is 16.3. The van der Waals surface area contributed by atoms with Crippen LogP contribution in [0.2, 0.25) is 0 Å². The van der Waals surface area contributed by atoms with E-state index in [1.165, 1.54) is 29.8 Å². The first-order chi connectivity index (χ1) is 24.3. The predicted molar refractivity (Wildman–Crippen MR) is 144 cm³/mol. The minimum absolute atomic E-state index is 0. The van der Waals surface area contributed by atoms with Gasteiger partial charge in [-0.1, -0.05) is 92.6 Å². The summed E-state index contributed by atoms with van der Waals surface area (Å²) in [6.07, 6.45) is -35.8. The maximum absolute atomic E-state index is 11.5. The molecule has 2 aromatic rings. The minimum Gasteiger partial charge on any atom is -0.381 e. The third-order valence-corrected chi connectivity index (χ3v) is 4.27. The van der Waals surface area contributed by atoms with E-state index < -0.39 is 81.1 Å². The largest absolute Gasteiger partial charge is 0.381 e. The van der Waals surface area contributed by atoms with Gasteiger partial charge in [-0.3, -0.25) is 4.79 Å². The number of Topliss-reactive ketones (excluding diaryl/α,β-unsaturated/α-hetero) is 1. The molecule has 4 rings (SSSR count). The number of ketones is 1. The van der Waals surface area contributed by atoms with Crippen molar-refractivity contribution in [3.8, 4) is 6.07 Å². The molecule has 2 fully saturated rings. The van der Waals surface area contributed by atoms with Crippen molar-refractivity contribution in [2.45, 2.75) is 103 Å². The highest BCUT2D eigenvalue weighted by Crippen LogP contribution is 2.40. The third kappa shape index (κ3) is 10.5. The molecule has 4 nitrogen and oxygen atoms in total. The van der Waals surface area contributed by atoms with Gasteiger partial charge in [0, 0.05) is 45.7 Å². The topological polar surface area (TPSA) is 65.4 Å². The molecule has 2 saturated carbocycles. The molecule has 0 bridgehead atoms. The average Bonchev–Trinajstić information content (AvgIpc) is 3.07. The van der Waals surface area contributed by atoms with Gasteiger partial charge in [-0.25, -0.2) is 6.57 Å². The average molecular weight is 496 g/mol. The second-order valence-electron chi connectivity index (χ2n) is 6.94. The summed E-state index contributed by atoms with van der Waals surface area (Å²) in [7, 11) is 0. The zero-order valence-corrected chi connectivity index (χ0v) is 18.6. The Morgan fingerprint density at radius 1 is 1.00 bits per heavy atom. The van der Waals surface area contributed by atoms with Crippen molar-refractivity contribution < 1.29 is 38.7 Å². The summed E-state index contributed by atoms with van der Waals surface area (Å²) in [6, 6.07) is 12.1. The lowest BCUT2D eigenvalue weighted by molar-refractivity contribution is -0.120. The molecule has 4 heteroatoms. The molecule has 2 aromatic carbocycles. The number of carbonyl (C=O) groups excluding carboxylic acids is 1. The zero-order valence-electron chi connectivity index (χ0n) is 39.6. The van der Waals surface area contributed by atoms with Gasteiger partial charge in [-0.15, -0.1) is 0 Å². The van der Waals surface area contributed by atoms with Gasteiger partial charge >= 0.3 is 0 Å². The van der Waals surface area contributed by atoms with Gasteiger partial charge in [0.15, 0.2) is 0 Å². The van der Waals surface area contributed by atoms with Crippen LogP contribution in [-0.2, 0) is 11.2 Å². The van der Waals surface area contributed by atoms with Crippen LogP contribution in [0.4, 0.5) is 0 Å². The second-order valence-corrected chi connectivity index (χ2v) is 6.94. The van der Waals surface area contributed by atoms with Gasteiger partial charge in [0.2, 0.25) is 0 Å². The summed E-state index contributed by atoms with van der Waals surface area (Å²) in [5.41, 5.74) is -1.28. The van der Waals surface area contributed by atoms with Gasteiger partial charge < -0.3 is 9.95 Å². The van der Waals surface area contributed by atoms with Gasteiger partial charge in [-0.05, 0) is 44.9 Å². The summed E-state index contributed by atoms with van der Waals surface area (Å²) < 4.78 is 161. The molecule has 2 aliphatic carbocycles. The minimum atomic E-state index is -3.91. The Labute approximate surface area is 242 Å². The number of rotatable bonds is 3. The molecule has 0 saturated heterocycles. The van der Waals surface area contributed by atoms with Gasteiger partial charge in [0.25, 0.3) is 6.02 Å². The van der Waals surface area contributed by atoms with Crippen molar-refractivity contribution in [3.63, 3.8) is 0 Å². The number of benzene rings is 2. The number of aryl methyl sites for hydroxylation is 2. The molecule has 0 radical (unpaired) electrons. The fourth-order valence-corrected chi connectivity index (χ4v) is 2.53. The summed E-state index contributed by atoms with van der Waals surface area (Å²) >= 11 is 0. The number of nitriles is 1. The second kappa shape index (κ2) is 15.9. The van der Waals surface area contributed by atoms with E-state index in [1.807, 2.05) is 31.2 Å². The predicted octanol–water partition coefficient (Wildman–Crippen LogP) is 7.87. The smallest absolute Gasteiger partial charge is 0.276 e. The standard InChI is InChI=1S/C15H19NO.C9H9N.C6H10O.CH4/c1-12-6-8-13(9-7-12)14(16-2)15(17)10-4-3-5-11-15;1-8-2-4-9(5-3-8)6-7-10;7-6-4-2-1-3-5-6;/h6-9,14,17H,3-5,10-11H2,1H3;2-5H,6H2,1H3;1-5H2;1H4/i3D2,4D2,5D2,10D2,11D2,14D;;1D2,2D2,3D2,4D2,5D2;. The lowest BCUT2D eigenvalue weighted by atomic mass is 9.77. The summed E-state index contributed by atoms with van der Waals surface area (Å²) in [4.78, 5) is 14.4. The molecule has 35 heavy (non-hydrogen) atoms. The van der Waals surface area contributed by atoms with Crippen molar-refractivity contribution in [2.24, 2.45) is 0 Å². The number of carbonyl (C=O) groups is 1. The van der Waals surface area contributed by atoms with Crippen LogP contribution in [0.5, 0.6) is 0 Å². The lowest BCUT2D eigenvalue weighted by Gasteiger charge is -2.32. The molecule has 188 valence electrons. The van der Waals surface area contributed by atoms with Crippen LogP contribution in [0.3, 0.4) is 0 Å². The fraction of sp³-hybridized carbons (Fsp3) is 0.516. The fourth-order valence-electron chi connectivity index (χ4n) is 2.53. The van der Waals surface area contributed by atoms with Crippen LogP contribution in [0.15, 0.2) is 48.5 Å². The zero-order chi connectivity index (χ0) is 43.7. The van der Waals surface area contributed by atoms with Crippen LogP contribution >= 0.6 is 0 Å². The molecule has 2 aliphatic rings.